The summed E-state index contributed by atoms with van der Waals surface area (Å²) in [6, 6.07) is 9.14. The molecule has 0 bridgehead atoms. The van der Waals surface area contributed by atoms with E-state index >= 15 is 0 Å². The fourth-order valence-electron chi connectivity index (χ4n) is 2.15. The van der Waals surface area contributed by atoms with Crippen LogP contribution in [0.2, 0.25) is 0 Å². The Labute approximate surface area is 120 Å². The van der Waals surface area contributed by atoms with E-state index < -0.39 is 5.97 Å². The second-order valence-corrected chi connectivity index (χ2v) is 6.18. The van der Waals surface area contributed by atoms with Crippen LogP contribution < -0.4 is 0 Å². The van der Waals surface area contributed by atoms with Crippen LogP contribution in [0.15, 0.2) is 24.3 Å². The van der Waals surface area contributed by atoms with Crippen molar-refractivity contribution in [2.45, 2.75) is 33.7 Å². The average Bonchev–Trinajstić information content (AvgIpc) is 2.34. The maximum atomic E-state index is 11.0. The summed E-state index contributed by atoms with van der Waals surface area (Å²) in [5.41, 5.74) is 1.41. The maximum absolute atomic E-state index is 11.0. The zero-order valence-corrected chi connectivity index (χ0v) is 12.4. The highest BCUT2D eigenvalue weighted by Crippen LogP contribution is 2.18. The highest BCUT2D eigenvalue weighted by Gasteiger charge is 2.17. The third-order valence-electron chi connectivity index (χ3n) is 2.82. The quantitative estimate of drug-likeness (QED) is 0.865. The van der Waals surface area contributed by atoms with Crippen LogP contribution in [0.1, 0.15) is 43.1 Å². The summed E-state index contributed by atoms with van der Waals surface area (Å²) < 4.78 is 0. The monoisotopic (exact) mass is 274 g/mol. The zero-order valence-electron chi connectivity index (χ0n) is 12.4. The summed E-state index contributed by atoms with van der Waals surface area (Å²) >= 11 is 0. The average molecular weight is 274 g/mol. The van der Waals surface area contributed by atoms with Crippen molar-refractivity contribution < 1.29 is 9.90 Å². The molecule has 4 nitrogen and oxygen atoms in total. The highest BCUT2D eigenvalue weighted by molar-refractivity contribution is 5.87. The minimum absolute atomic E-state index is 0.139. The topological polar surface area (TPSA) is 64.3 Å². The number of nitrogens with zero attached hydrogens (tertiary/aromatic N) is 2. The standard InChI is InChI=1S/C16H22N2O2/c1-16(2,3)12-18(9-5-8-17)11-13-6-4-7-14(10-13)15(19)20/h4,6-7,10H,5,9,11-12H2,1-3H3,(H,19,20). The second kappa shape index (κ2) is 7.06. The summed E-state index contributed by atoms with van der Waals surface area (Å²) in [4.78, 5) is 13.2. The van der Waals surface area contributed by atoms with Gasteiger partial charge in [-0.3, -0.25) is 4.90 Å². The Hall–Kier alpha value is -1.86. The third kappa shape index (κ3) is 5.85. The molecular formula is C16H22N2O2. The number of carboxylic acids is 1. The van der Waals surface area contributed by atoms with Crippen molar-refractivity contribution in [3.05, 3.63) is 35.4 Å². The summed E-state index contributed by atoms with van der Waals surface area (Å²) in [5, 5.41) is 17.8. The smallest absolute Gasteiger partial charge is 0.335 e. The van der Waals surface area contributed by atoms with Crippen LogP contribution >= 0.6 is 0 Å². The molecule has 0 fully saturated rings. The molecule has 108 valence electrons. The summed E-state index contributed by atoms with van der Waals surface area (Å²) in [6.07, 6.45) is 0.481. The van der Waals surface area contributed by atoms with Gasteiger partial charge in [0.15, 0.2) is 0 Å². The minimum atomic E-state index is -0.911. The molecule has 0 aliphatic heterocycles. The van der Waals surface area contributed by atoms with Gasteiger partial charge in [-0.1, -0.05) is 32.9 Å². The molecule has 0 aliphatic rings. The van der Waals surface area contributed by atoms with Gasteiger partial charge in [0, 0.05) is 26.1 Å². The molecule has 0 atom stereocenters. The number of aromatic carboxylic acids is 1. The van der Waals surface area contributed by atoms with Crippen molar-refractivity contribution in [2.24, 2.45) is 5.41 Å². The van der Waals surface area contributed by atoms with Crippen LogP contribution in [-0.2, 0) is 6.54 Å². The van der Waals surface area contributed by atoms with E-state index in [2.05, 4.69) is 31.7 Å². The fourth-order valence-corrected chi connectivity index (χ4v) is 2.15. The number of hydrogen-bond acceptors (Lipinski definition) is 3. The summed E-state index contributed by atoms with van der Waals surface area (Å²) in [6.45, 7) is 8.69. The first-order chi connectivity index (χ1) is 9.31. The van der Waals surface area contributed by atoms with Crippen LogP contribution in [0.5, 0.6) is 0 Å². The van der Waals surface area contributed by atoms with Gasteiger partial charge in [-0.15, -0.1) is 0 Å². The molecule has 0 amide bonds. The SMILES string of the molecule is CC(C)(C)CN(CCC#N)Cc1cccc(C(=O)O)c1. The lowest BCUT2D eigenvalue weighted by Crippen LogP contribution is -2.33. The maximum Gasteiger partial charge on any atom is 0.335 e. The van der Waals surface area contributed by atoms with Crippen molar-refractivity contribution in [3.63, 3.8) is 0 Å². The molecule has 0 saturated heterocycles. The molecule has 0 heterocycles. The van der Waals surface area contributed by atoms with Gasteiger partial charge >= 0.3 is 5.97 Å². The number of carboxylic acid groups (broad SMARTS) is 1. The van der Waals surface area contributed by atoms with Crippen LogP contribution in [-0.4, -0.2) is 29.1 Å². The van der Waals surface area contributed by atoms with Crippen LogP contribution in [0.3, 0.4) is 0 Å². The molecule has 4 heteroatoms. The lowest BCUT2D eigenvalue weighted by Gasteiger charge is -2.29. The van der Waals surface area contributed by atoms with E-state index in [1.165, 1.54) is 0 Å². The molecule has 0 saturated carbocycles. The Balaban J connectivity index is 2.80. The molecule has 0 radical (unpaired) electrons. The highest BCUT2D eigenvalue weighted by atomic mass is 16.4. The Morgan fingerprint density at radius 1 is 1.40 bits per heavy atom. The Kier molecular flexibility index (Phi) is 5.72. The van der Waals surface area contributed by atoms with Crippen molar-refractivity contribution in [2.75, 3.05) is 13.1 Å². The van der Waals surface area contributed by atoms with Gasteiger partial charge in [0.25, 0.3) is 0 Å². The minimum Gasteiger partial charge on any atom is -0.478 e. The van der Waals surface area contributed by atoms with Gasteiger partial charge < -0.3 is 5.11 Å². The molecular weight excluding hydrogens is 252 g/mol. The number of hydrogen-bond donors (Lipinski definition) is 1. The molecule has 1 N–H and O–H groups in total. The normalized spacial score (nSPS) is 11.3. The molecule has 1 aromatic rings. The first-order valence-electron chi connectivity index (χ1n) is 6.73. The van der Waals surface area contributed by atoms with Crippen LogP contribution in [0, 0.1) is 16.7 Å². The van der Waals surface area contributed by atoms with E-state index in [9.17, 15) is 4.79 Å². The van der Waals surface area contributed by atoms with E-state index in [4.69, 9.17) is 10.4 Å². The molecule has 20 heavy (non-hydrogen) atoms. The zero-order chi connectivity index (χ0) is 15.2. The first kappa shape index (κ1) is 16.2. The molecule has 1 rings (SSSR count). The largest absolute Gasteiger partial charge is 0.478 e. The lowest BCUT2D eigenvalue weighted by molar-refractivity contribution is 0.0696. The second-order valence-electron chi connectivity index (χ2n) is 6.18. The van der Waals surface area contributed by atoms with Crippen LogP contribution in [0.4, 0.5) is 0 Å². The number of carbonyl (C=O) groups is 1. The van der Waals surface area contributed by atoms with Crippen molar-refractivity contribution in [1.82, 2.24) is 4.90 Å². The summed E-state index contributed by atoms with van der Waals surface area (Å²) in [5.74, 6) is -0.911. The summed E-state index contributed by atoms with van der Waals surface area (Å²) in [7, 11) is 0. The molecule has 0 aromatic heterocycles. The van der Waals surface area contributed by atoms with Crippen molar-refractivity contribution in [1.29, 1.82) is 5.26 Å². The van der Waals surface area contributed by atoms with Gasteiger partial charge in [0.1, 0.15) is 0 Å². The van der Waals surface area contributed by atoms with Crippen molar-refractivity contribution in [3.8, 4) is 6.07 Å². The predicted molar refractivity (Wildman–Crippen MR) is 78.4 cm³/mol. The lowest BCUT2D eigenvalue weighted by atomic mass is 9.95. The number of rotatable bonds is 6. The molecule has 0 unspecified atom stereocenters. The molecule has 0 aliphatic carbocycles. The van der Waals surface area contributed by atoms with Crippen molar-refractivity contribution >= 4 is 5.97 Å². The van der Waals surface area contributed by atoms with E-state index in [0.717, 1.165) is 12.1 Å². The third-order valence-corrected chi connectivity index (χ3v) is 2.82. The van der Waals surface area contributed by atoms with E-state index in [-0.39, 0.29) is 5.41 Å². The number of nitriles is 1. The Bertz CT molecular complexity index is 498. The first-order valence-corrected chi connectivity index (χ1v) is 6.73. The van der Waals surface area contributed by atoms with E-state index in [0.29, 0.717) is 25.1 Å². The molecule has 1 aromatic carbocycles. The Morgan fingerprint density at radius 3 is 2.65 bits per heavy atom. The van der Waals surface area contributed by atoms with Gasteiger partial charge in [0.2, 0.25) is 0 Å². The number of benzene rings is 1. The van der Waals surface area contributed by atoms with E-state index in [1.54, 1.807) is 18.2 Å². The van der Waals surface area contributed by atoms with Gasteiger partial charge in [-0.2, -0.15) is 5.26 Å². The van der Waals surface area contributed by atoms with Gasteiger partial charge in [-0.25, -0.2) is 4.79 Å². The van der Waals surface area contributed by atoms with Gasteiger partial charge in [-0.05, 0) is 23.1 Å². The fraction of sp³-hybridized carbons (Fsp3) is 0.500. The predicted octanol–water partition coefficient (Wildman–Crippen LogP) is 3.15. The van der Waals surface area contributed by atoms with Crippen LogP contribution in [0.25, 0.3) is 0 Å². The van der Waals surface area contributed by atoms with Gasteiger partial charge in [0.05, 0.1) is 11.6 Å². The molecule has 0 spiro atoms. The van der Waals surface area contributed by atoms with E-state index in [1.807, 2.05) is 6.07 Å². The Morgan fingerprint density at radius 2 is 2.10 bits per heavy atom.